The first kappa shape index (κ1) is 11.4. The zero-order chi connectivity index (χ0) is 11.6. The highest BCUT2D eigenvalue weighted by Crippen LogP contribution is 2.25. The zero-order valence-electron chi connectivity index (χ0n) is 10.0. The van der Waals surface area contributed by atoms with Crippen molar-refractivity contribution in [2.45, 2.75) is 32.4 Å². The summed E-state index contributed by atoms with van der Waals surface area (Å²) in [7, 11) is 0. The van der Waals surface area contributed by atoms with Crippen LogP contribution < -0.4 is 15.8 Å². The van der Waals surface area contributed by atoms with Crippen LogP contribution >= 0.6 is 0 Å². The first-order valence-corrected chi connectivity index (χ1v) is 5.79. The topological polar surface area (TPSA) is 47.3 Å². The summed E-state index contributed by atoms with van der Waals surface area (Å²) in [5.41, 5.74) is 8.38. The molecule has 0 aromatic heterocycles. The zero-order valence-corrected chi connectivity index (χ0v) is 10.0. The van der Waals surface area contributed by atoms with Crippen molar-refractivity contribution < 1.29 is 4.74 Å². The van der Waals surface area contributed by atoms with Gasteiger partial charge in [-0.25, -0.2) is 0 Å². The second-order valence-electron chi connectivity index (χ2n) is 5.13. The van der Waals surface area contributed by atoms with E-state index in [9.17, 15) is 0 Å². The third-order valence-electron chi connectivity index (χ3n) is 2.66. The molecule has 0 bridgehead atoms. The van der Waals surface area contributed by atoms with Crippen molar-refractivity contribution in [3.63, 3.8) is 0 Å². The van der Waals surface area contributed by atoms with Gasteiger partial charge in [0.25, 0.3) is 0 Å². The maximum atomic E-state index is 5.91. The number of hydrogen-bond acceptors (Lipinski definition) is 3. The molecule has 0 radical (unpaired) electrons. The van der Waals surface area contributed by atoms with Gasteiger partial charge >= 0.3 is 0 Å². The summed E-state index contributed by atoms with van der Waals surface area (Å²) in [5, 5.41) is 3.37. The van der Waals surface area contributed by atoms with E-state index in [4.69, 9.17) is 10.5 Å². The summed E-state index contributed by atoms with van der Waals surface area (Å²) in [6, 6.07) is 6.40. The Balaban J connectivity index is 1.91. The van der Waals surface area contributed by atoms with Crippen molar-refractivity contribution in [2.24, 2.45) is 5.73 Å². The van der Waals surface area contributed by atoms with Gasteiger partial charge in [0.1, 0.15) is 5.75 Å². The van der Waals surface area contributed by atoms with Crippen LogP contribution in [0.1, 0.15) is 25.0 Å². The van der Waals surface area contributed by atoms with Crippen LogP contribution in [-0.4, -0.2) is 18.7 Å². The first-order chi connectivity index (χ1) is 7.54. The van der Waals surface area contributed by atoms with Gasteiger partial charge in [-0.15, -0.1) is 0 Å². The number of hydrogen-bond donors (Lipinski definition) is 2. The van der Waals surface area contributed by atoms with Gasteiger partial charge in [0.2, 0.25) is 0 Å². The molecule has 0 saturated heterocycles. The van der Waals surface area contributed by atoms with Crippen LogP contribution in [0.4, 0.5) is 0 Å². The van der Waals surface area contributed by atoms with Crippen LogP contribution in [0.25, 0.3) is 0 Å². The lowest BCUT2D eigenvalue weighted by atomic mass is 10.1. The van der Waals surface area contributed by atoms with E-state index in [-0.39, 0.29) is 5.54 Å². The summed E-state index contributed by atoms with van der Waals surface area (Å²) < 4.78 is 5.47. The van der Waals surface area contributed by atoms with E-state index in [1.807, 2.05) is 13.8 Å². The molecule has 3 heteroatoms. The maximum absolute atomic E-state index is 5.91. The van der Waals surface area contributed by atoms with Crippen LogP contribution in [0.5, 0.6) is 5.75 Å². The highest BCUT2D eigenvalue weighted by atomic mass is 16.5. The minimum absolute atomic E-state index is 0.153. The molecule has 3 nitrogen and oxygen atoms in total. The van der Waals surface area contributed by atoms with E-state index < -0.39 is 0 Å². The van der Waals surface area contributed by atoms with E-state index in [0.717, 1.165) is 31.9 Å². The van der Waals surface area contributed by atoms with Gasteiger partial charge in [0.15, 0.2) is 0 Å². The molecular weight excluding hydrogens is 200 g/mol. The van der Waals surface area contributed by atoms with E-state index in [2.05, 4.69) is 23.5 Å². The van der Waals surface area contributed by atoms with Gasteiger partial charge in [-0.3, -0.25) is 0 Å². The SMILES string of the molecule is CC(C)(N)CNCc1ccc2c(c1)CCO2. The molecule has 0 spiro atoms. The summed E-state index contributed by atoms with van der Waals surface area (Å²) in [6.45, 7) is 6.56. The smallest absolute Gasteiger partial charge is 0.122 e. The Morgan fingerprint density at radius 2 is 2.25 bits per heavy atom. The molecule has 0 amide bonds. The standard InChI is InChI=1S/C13H20N2O/c1-13(2,14)9-15-8-10-3-4-12-11(7-10)5-6-16-12/h3-4,7,15H,5-6,8-9,14H2,1-2H3. The van der Waals surface area contributed by atoms with Gasteiger partial charge in [-0.05, 0) is 31.0 Å². The second kappa shape index (κ2) is 4.44. The Bertz CT molecular complexity index is 369. The average molecular weight is 220 g/mol. The fourth-order valence-corrected chi connectivity index (χ4v) is 1.88. The third-order valence-corrected chi connectivity index (χ3v) is 2.66. The van der Waals surface area contributed by atoms with Crippen LogP contribution in [0, 0.1) is 0 Å². The van der Waals surface area contributed by atoms with Gasteiger partial charge in [0, 0.05) is 25.0 Å². The van der Waals surface area contributed by atoms with Crippen molar-refractivity contribution in [3.8, 4) is 5.75 Å². The third kappa shape index (κ3) is 2.97. The Kier molecular flexibility index (Phi) is 3.17. The summed E-state index contributed by atoms with van der Waals surface area (Å²) in [6.07, 6.45) is 1.03. The quantitative estimate of drug-likeness (QED) is 0.807. The molecule has 3 N–H and O–H groups in total. The van der Waals surface area contributed by atoms with Crippen molar-refractivity contribution in [1.82, 2.24) is 5.32 Å². The minimum atomic E-state index is -0.153. The second-order valence-corrected chi connectivity index (χ2v) is 5.13. The first-order valence-electron chi connectivity index (χ1n) is 5.79. The number of benzene rings is 1. The van der Waals surface area contributed by atoms with Crippen LogP contribution in [0.15, 0.2) is 18.2 Å². The number of nitrogens with two attached hydrogens (primary N) is 1. The lowest BCUT2D eigenvalue weighted by molar-refractivity contribution is 0.357. The van der Waals surface area contributed by atoms with Crippen molar-refractivity contribution >= 4 is 0 Å². The van der Waals surface area contributed by atoms with Crippen LogP contribution in [0.2, 0.25) is 0 Å². The van der Waals surface area contributed by atoms with E-state index in [1.165, 1.54) is 11.1 Å². The predicted octanol–water partition coefficient (Wildman–Crippen LogP) is 1.45. The molecule has 0 aliphatic carbocycles. The number of rotatable bonds is 4. The number of ether oxygens (including phenoxy) is 1. The molecule has 0 fully saturated rings. The van der Waals surface area contributed by atoms with E-state index >= 15 is 0 Å². The van der Waals surface area contributed by atoms with Gasteiger partial charge in [0.05, 0.1) is 6.61 Å². The van der Waals surface area contributed by atoms with Gasteiger partial charge < -0.3 is 15.8 Å². The van der Waals surface area contributed by atoms with Crippen LogP contribution in [0.3, 0.4) is 0 Å². The molecule has 1 aromatic carbocycles. The summed E-state index contributed by atoms with van der Waals surface area (Å²) >= 11 is 0. The Morgan fingerprint density at radius 1 is 1.44 bits per heavy atom. The Labute approximate surface area is 97.0 Å². The molecule has 88 valence electrons. The number of nitrogens with one attached hydrogen (secondary N) is 1. The lowest BCUT2D eigenvalue weighted by Crippen LogP contribution is -2.42. The normalized spacial score (nSPS) is 14.7. The Morgan fingerprint density at radius 3 is 3.00 bits per heavy atom. The summed E-state index contributed by atoms with van der Waals surface area (Å²) in [4.78, 5) is 0. The fourth-order valence-electron chi connectivity index (χ4n) is 1.88. The molecule has 0 saturated carbocycles. The van der Waals surface area contributed by atoms with Gasteiger partial charge in [-0.1, -0.05) is 12.1 Å². The molecule has 1 aromatic rings. The minimum Gasteiger partial charge on any atom is -0.493 e. The molecule has 16 heavy (non-hydrogen) atoms. The van der Waals surface area contributed by atoms with Crippen LogP contribution in [-0.2, 0) is 13.0 Å². The largest absolute Gasteiger partial charge is 0.493 e. The van der Waals surface area contributed by atoms with E-state index in [0.29, 0.717) is 0 Å². The summed E-state index contributed by atoms with van der Waals surface area (Å²) in [5.74, 6) is 1.04. The average Bonchev–Trinajstić information content (AvgIpc) is 2.62. The Hall–Kier alpha value is -1.06. The number of fused-ring (bicyclic) bond motifs is 1. The molecule has 0 atom stereocenters. The molecule has 2 rings (SSSR count). The molecule has 1 aliphatic rings. The molecule has 0 unspecified atom stereocenters. The highest BCUT2D eigenvalue weighted by molar-refractivity contribution is 5.39. The van der Waals surface area contributed by atoms with Crippen molar-refractivity contribution in [1.29, 1.82) is 0 Å². The fraction of sp³-hybridized carbons (Fsp3) is 0.538. The predicted molar refractivity (Wildman–Crippen MR) is 65.6 cm³/mol. The maximum Gasteiger partial charge on any atom is 0.122 e. The lowest BCUT2D eigenvalue weighted by Gasteiger charge is -2.19. The molecule has 1 heterocycles. The van der Waals surface area contributed by atoms with Crippen molar-refractivity contribution in [3.05, 3.63) is 29.3 Å². The molecular formula is C13H20N2O. The monoisotopic (exact) mass is 220 g/mol. The van der Waals surface area contributed by atoms with Gasteiger partial charge in [-0.2, -0.15) is 0 Å². The van der Waals surface area contributed by atoms with Crippen molar-refractivity contribution in [2.75, 3.05) is 13.2 Å². The highest BCUT2D eigenvalue weighted by Gasteiger charge is 2.12. The molecule has 1 aliphatic heterocycles. The van der Waals surface area contributed by atoms with E-state index in [1.54, 1.807) is 0 Å².